The third kappa shape index (κ3) is 5.71. The van der Waals surface area contributed by atoms with Gasteiger partial charge >= 0.3 is 6.09 Å². The SMILES string of the molecule is CCCS(=O)(=O)Nc1ccc(F)c(-c2ccc3cc(NC[C@H](C)N(C)C(=O)O)ncc3c2)c1F. The molecule has 0 saturated carbocycles. The Balaban J connectivity index is 1.88. The maximum absolute atomic E-state index is 15.1. The predicted octanol–water partition coefficient (Wildman–Crippen LogP) is 4.74. The fourth-order valence-corrected chi connectivity index (χ4v) is 4.49. The third-order valence-corrected chi connectivity index (χ3v) is 6.86. The van der Waals surface area contributed by atoms with Gasteiger partial charge < -0.3 is 15.3 Å². The molecule has 0 unspecified atom stereocenters. The fraction of sp³-hybridized carbons (Fsp3) is 0.304. The van der Waals surface area contributed by atoms with E-state index in [4.69, 9.17) is 5.11 Å². The highest BCUT2D eigenvalue weighted by Crippen LogP contribution is 2.33. The minimum absolute atomic E-state index is 0.178. The number of hydrogen-bond acceptors (Lipinski definition) is 5. The Morgan fingerprint density at radius 1 is 1.18 bits per heavy atom. The molecule has 8 nitrogen and oxygen atoms in total. The van der Waals surface area contributed by atoms with Crippen LogP contribution in [0.4, 0.5) is 25.1 Å². The van der Waals surface area contributed by atoms with E-state index in [1.54, 1.807) is 38.1 Å². The van der Waals surface area contributed by atoms with Gasteiger partial charge in [0.2, 0.25) is 10.0 Å². The molecule has 0 saturated heterocycles. The number of amides is 1. The van der Waals surface area contributed by atoms with Gasteiger partial charge in [0.15, 0.2) is 5.82 Å². The molecule has 1 atom stereocenters. The van der Waals surface area contributed by atoms with Crippen LogP contribution in [0.5, 0.6) is 0 Å². The second-order valence-electron chi connectivity index (χ2n) is 7.96. The van der Waals surface area contributed by atoms with Crippen molar-refractivity contribution >= 4 is 38.4 Å². The first-order valence-corrected chi connectivity index (χ1v) is 12.3. The van der Waals surface area contributed by atoms with Crippen LogP contribution < -0.4 is 10.0 Å². The lowest BCUT2D eigenvalue weighted by molar-refractivity contribution is 0.144. The van der Waals surface area contributed by atoms with Gasteiger partial charge in [-0.1, -0.05) is 19.1 Å². The smallest absolute Gasteiger partial charge is 0.407 e. The maximum atomic E-state index is 15.1. The average molecular weight is 493 g/mol. The number of aromatic nitrogens is 1. The average Bonchev–Trinajstić information content (AvgIpc) is 2.78. The molecule has 182 valence electrons. The van der Waals surface area contributed by atoms with Gasteiger partial charge in [0.1, 0.15) is 11.6 Å². The largest absolute Gasteiger partial charge is 0.465 e. The van der Waals surface area contributed by atoms with Crippen molar-refractivity contribution in [3.05, 3.63) is 54.2 Å². The zero-order valence-electron chi connectivity index (χ0n) is 19.0. The minimum Gasteiger partial charge on any atom is -0.465 e. The van der Waals surface area contributed by atoms with E-state index in [1.807, 2.05) is 0 Å². The topological polar surface area (TPSA) is 112 Å². The summed E-state index contributed by atoms with van der Waals surface area (Å²) in [4.78, 5) is 16.5. The van der Waals surface area contributed by atoms with Gasteiger partial charge in [0, 0.05) is 31.2 Å². The number of carbonyl (C=O) groups is 1. The molecule has 1 aromatic heterocycles. The zero-order valence-corrected chi connectivity index (χ0v) is 19.8. The Morgan fingerprint density at radius 2 is 1.91 bits per heavy atom. The van der Waals surface area contributed by atoms with Crippen molar-refractivity contribution in [1.82, 2.24) is 9.88 Å². The summed E-state index contributed by atoms with van der Waals surface area (Å²) in [6, 6.07) is 8.33. The molecule has 1 amide bonds. The number of anilines is 2. The Kier molecular flexibility index (Phi) is 7.55. The molecule has 0 fully saturated rings. The summed E-state index contributed by atoms with van der Waals surface area (Å²) in [6.07, 6.45) is 0.861. The number of carboxylic acid groups (broad SMARTS) is 1. The zero-order chi connectivity index (χ0) is 25.0. The monoisotopic (exact) mass is 492 g/mol. The number of nitrogens with one attached hydrogen (secondary N) is 2. The van der Waals surface area contributed by atoms with Gasteiger partial charge in [-0.2, -0.15) is 0 Å². The number of pyridine rings is 1. The van der Waals surface area contributed by atoms with Crippen molar-refractivity contribution in [3.8, 4) is 11.1 Å². The molecule has 1 heterocycles. The molecule has 0 aliphatic carbocycles. The summed E-state index contributed by atoms with van der Waals surface area (Å²) in [5.74, 6) is -1.47. The minimum atomic E-state index is -3.75. The summed E-state index contributed by atoms with van der Waals surface area (Å²) >= 11 is 0. The van der Waals surface area contributed by atoms with Gasteiger partial charge in [0.25, 0.3) is 0 Å². The van der Waals surface area contributed by atoms with E-state index < -0.39 is 27.8 Å². The van der Waals surface area contributed by atoms with Crippen LogP contribution in [0, 0.1) is 11.6 Å². The molecule has 0 radical (unpaired) electrons. The Bertz CT molecular complexity index is 1320. The molecule has 3 N–H and O–H groups in total. The standard InChI is InChI=1S/C23H26F2N4O4S/c1-4-9-34(32,33)28-19-8-7-18(24)21(22(19)25)16-6-5-15-11-20(27-13-17(15)10-16)26-12-14(2)29(3)23(30)31/h5-8,10-11,13-14,28H,4,9,12H2,1-3H3,(H,26,27)(H,30,31)/t14-/m0/s1. The van der Waals surface area contributed by atoms with Crippen molar-refractivity contribution in [2.24, 2.45) is 0 Å². The van der Waals surface area contributed by atoms with Crippen LogP contribution in [0.2, 0.25) is 0 Å². The number of fused-ring (bicyclic) bond motifs is 1. The van der Waals surface area contributed by atoms with Gasteiger partial charge in [-0.25, -0.2) is 27.0 Å². The lowest BCUT2D eigenvalue weighted by atomic mass is 10.0. The Labute approximate surface area is 196 Å². The summed E-state index contributed by atoms with van der Waals surface area (Å²) in [7, 11) is -2.27. The molecule has 3 rings (SSSR count). The van der Waals surface area contributed by atoms with Gasteiger partial charge in [0.05, 0.1) is 17.0 Å². The fourth-order valence-electron chi connectivity index (χ4n) is 3.35. The molecule has 34 heavy (non-hydrogen) atoms. The summed E-state index contributed by atoms with van der Waals surface area (Å²) in [5, 5.41) is 13.5. The van der Waals surface area contributed by atoms with E-state index in [-0.39, 0.29) is 28.6 Å². The first-order chi connectivity index (χ1) is 16.0. The van der Waals surface area contributed by atoms with Crippen LogP contribution in [0.1, 0.15) is 20.3 Å². The normalized spacial score (nSPS) is 12.4. The summed E-state index contributed by atoms with van der Waals surface area (Å²) < 4.78 is 55.9. The first kappa shape index (κ1) is 25.2. The van der Waals surface area contributed by atoms with Crippen LogP contribution in [0.25, 0.3) is 21.9 Å². The number of likely N-dealkylation sites (N-methyl/N-ethyl adjacent to an activating group) is 1. The van der Waals surface area contributed by atoms with E-state index in [0.717, 1.165) is 17.5 Å². The van der Waals surface area contributed by atoms with E-state index >= 15 is 4.39 Å². The highest BCUT2D eigenvalue weighted by molar-refractivity contribution is 7.92. The number of halogens is 2. The highest BCUT2D eigenvalue weighted by atomic mass is 32.2. The number of hydrogen-bond donors (Lipinski definition) is 3. The van der Waals surface area contributed by atoms with E-state index in [2.05, 4.69) is 15.0 Å². The predicted molar refractivity (Wildman–Crippen MR) is 129 cm³/mol. The van der Waals surface area contributed by atoms with Crippen LogP contribution in [0.15, 0.2) is 42.6 Å². The van der Waals surface area contributed by atoms with E-state index in [9.17, 15) is 17.6 Å². The number of nitrogens with zero attached hydrogens (tertiary/aromatic N) is 2. The second-order valence-corrected chi connectivity index (χ2v) is 9.80. The first-order valence-electron chi connectivity index (χ1n) is 10.6. The summed E-state index contributed by atoms with van der Waals surface area (Å²) in [5.41, 5.74) is -0.423. The molecule has 2 aromatic carbocycles. The molecule has 0 spiro atoms. The van der Waals surface area contributed by atoms with E-state index in [1.165, 1.54) is 18.1 Å². The van der Waals surface area contributed by atoms with Gasteiger partial charge in [-0.3, -0.25) is 4.72 Å². The van der Waals surface area contributed by atoms with Gasteiger partial charge in [-0.15, -0.1) is 0 Å². The number of sulfonamides is 1. The van der Waals surface area contributed by atoms with Crippen LogP contribution in [-0.2, 0) is 10.0 Å². The Hall–Kier alpha value is -3.47. The Morgan fingerprint density at radius 3 is 2.59 bits per heavy atom. The molecule has 0 bridgehead atoms. The molecular weight excluding hydrogens is 466 g/mol. The van der Waals surface area contributed by atoms with Crippen molar-refractivity contribution in [2.45, 2.75) is 26.3 Å². The third-order valence-electron chi connectivity index (χ3n) is 5.38. The second kappa shape index (κ2) is 10.2. The summed E-state index contributed by atoms with van der Waals surface area (Å²) in [6.45, 7) is 3.79. The molecule has 0 aliphatic rings. The van der Waals surface area contributed by atoms with Crippen LogP contribution in [0.3, 0.4) is 0 Å². The number of rotatable bonds is 9. The maximum Gasteiger partial charge on any atom is 0.407 e. The molecule has 3 aromatic rings. The molecule has 0 aliphatic heterocycles. The van der Waals surface area contributed by atoms with Crippen molar-refractivity contribution in [2.75, 3.05) is 29.4 Å². The number of benzene rings is 2. The van der Waals surface area contributed by atoms with Crippen molar-refractivity contribution in [1.29, 1.82) is 0 Å². The van der Waals surface area contributed by atoms with Crippen molar-refractivity contribution < 1.29 is 27.1 Å². The van der Waals surface area contributed by atoms with Crippen LogP contribution in [-0.4, -0.2) is 54.9 Å². The lowest BCUT2D eigenvalue weighted by Gasteiger charge is -2.22. The van der Waals surface area contributed by atoms with Crippen molar-refractivity contribution in [3.63, 3.8) is 0 Å². The van der Waals surface area contributed by atoms with E-state index in [0.29, 0.717) is 24.2 Å². The highest BCUT2D eigenvalue weighted by Gasteiger charge is 2.19. The van der Waals surface area contributed by atoms with Gasteiger partial charge in [-0.05, 0) is 48.6 Å². The quantitative estimate of drug-likeness (QED) is 0.398. The lowest BCUT2D eigenvalue weighted by Crippen LogP contribution is -2.38. The molecular formula is C23H26F2N4O4S. The van der Waals surface area contributed by atoms with Crippen LogP contribution >= 0.6 is 0 Å². The molecule has 11 heteroatoms.